The zero-order valence-electron chi connectivity index (χ0n) is 11.1. The first kappa shape index (κ1) is 13.5. The van der Waals surface area contributed by atoms with E-state index in [2.05, 4.69) is 5.32 Å². The summed E-state index contributed by atoms with van der Waals surface area (Å²) in [5.74, 6) is -0.570. The Morgan fingerprint density at radius 3 is 2.89 bits per heavy atom. The van der Waals surface area contributed by atoms with Crippen LogP contribution in [-0.2, 0) is 16.1 Å². The minimum atomic E-state index is -0.524. The molecule has 1 heterocycles. The lowest BCUT2D eigenvalue weighted by molar-refractivity contribution is -0.133. The predicted molar refractivity (Wildman–Crippen MR) is 68.8 cm³/mol. The maximum Gasteiger partial charge on any atom is 0.245 e. The molecule has 102 valence electrons. The first-order valence-electron chi connectivity index (χ1n) is 6.30. The third-order valence-corrected chi connectivity index (χ3v) is 3.34. The molecule has 1 saturated heterocycles. The molecule has 4 nitrogen and oxygen atoms in total. The number of carbonyl (C=O) groups is 2. The van der Waals surface area contributed by atoms with Crippen molar-refractivity contribution in [3.8, 4) is 0 Å². The predicted octanol–water partition coefficient (Wildman–Crippen LogP) is 1.37. The average Bonchev–Trinajstić information content (AvgIpc) is 2.47. The van der Waals surface area contributed by atoms with Crippen molar-refractivity contribution in [3.05, 3.63) is 35.1 Å². The second kappa shape index (κ2) is 5.38. The molecular weight excluding hydrogens is 247 g/mol. The van der Waals surface area contributed by atoms with Gasteiger partial charge in [0.2, 0.25) is 11.8 Å². The highest BCUT2D eigenvalue weighted by Gasteiger charge is 2.26. The largest absolute Gasteiger partial charge is 0.345 e. The van der Waals surface area contributed by atoms with Gasteiger partial charge >= 0.3 is 0 Å². The van der Waals surface area contributed by atoms with Crippen LogP contribution in [0.1, 0.15) is 24.5 Å². The monoisotopic (exact) mass is 264 g/mol. The number of amides is 2. The lowest BCUT2D eigenvalue weighted by Crippen LogP contribution is -2.42. The number of aryl methyl sites for hydroxylation is 1. The highest BCUT2D eigenvalue weighted by molar-refractivity contribution is 5.89. The molecule has 0 radical (unpaired) electrons. The minimum Gasteiger partial charge on any atom is -0.345 e. The van der Waals surface area contributed by atoms with Crippen LogP contribution >= 0.6 is 0 Å². The molecule has 0 bridgehead atoms. The van der Waals surface area contributed by atoms with Gasteiger partial charge in [0.25, 0.3) is 0 Å². The Hall–Kier alpha value is -1.91. The van der Waals surface area contributed by atoms with Crippen LogP contribution in [-0.4, -0.2) is 29.3 Å². The van der Waals surface area contributed by atoms with Crippen LogP contribution in [0.25, 0.3) is 0 Å². The van der Waals surface area contributed by atoms with Crippen molar-refractivity contribution >= 4 is 11.8 Å². The molecule has 19 heavy (non-hydrogen) atoms. The molecule has 0 aromatic heterocycles. The molecule has 1 atom stereocenters. The van der Waals surface area contributed by atoms with E-state index < -0.39 is 6.04 Å². The molecule has 1 aliphatic rings. The molecule has 2 rings (SSSR count). The minimum absolute atomic E-state index is 0.126. The summed E-state index contributed by atoms with van der Waals surface area (Å²) in [7, 11) is 0. The highest BCUT2D eigenvalue weighted by Crippen LogP contribution is 2.15. The van der Waals surface area contributed by atoms with Gasteiger partial charge in [-0.1, -0.05) is 6.07 Å². The second-order valence-corrected chi connectivity index (χ2v) is 4.87. The molecular formula is C14H17FN2O2. The van der Waals surface area contributed by atoms with E-state index in [1.807, 2.05) is 6.92 Å². The van der Waals surface area contributed by atoms with Gasteiger partial charge in [-0.25, -0.2) is 4.39 Å². The smallest absolute Gasteiger partial charge is 0.245 e. The average molecular weight is 264 g/mol. The molecule has 1 aromatic rings. The van der Waals surface area contributed by atoms with Crippen molar-refractivity contribution in [1.29, 1.82) is 0 Å². The van der Waals surface area contributed by atoms with Crippen molar-refractivity contribution in [2.75, 3.05) is 6.54 Å². The van der Waals surface area contributed by atoms with Crippen molar-refractivity contribution in [3.63, 3.8) is 0 Å². The highest BCUT2D eigenvalue weighted by atomic mass is 19.1. The Bertz CT molecular complexity index is 516. The van der Waals surface area contributed by atoms with E-state index in [4.69, 9.17) is 0 Å². The molecule has 0 aliphatic carbocycles. The van der Waals surface area contributed by atoms with E-state index in [0.29, 0.717) is 13.1 Å². The van der Waals surface area contributed by atoms with E-state index in [1.54, 1.807) is 17.9 Å². The Labute approximate surface area is 111 Å². The number of halogens is 1. The molecule has 1 aliphatic heterocycles. The van der Waals surface area contributed by atoms with Crippen molar-refractivity contribution in [2.45, 2.75) is 32.9 Å². The van der Waals surface area contributed by atoms with Gasteiger partial charge in [-0.15, -0.1) is 0 Å². The van der Waals surface area contributed by atoms with Crippen molar-refractivity contribution in [1.82, 2.24) is 10.2 Å². The van der Waals surface area contributed by atoms with Crippen LogP contribution in [0.5, 0.6) is 0 Å². The van der Waals surface area contributed by atoms with Gasteiger partial charge in [-0.05, 0) is 37.1 Å². The molecule has 1 aromatic carbocycles. The quantitative estimate of drug-likeness (QED) is 0.877. The number of nitrogens with zero attached hydrogens (tertiary/aromatic N) is 1. The molecule has 2 amide bonds. The van der Waals surface area contributed by atoms with E-state index in [-0.39, 0.29) is 24.1 Å². The van der Waals surface area contributed by atoms with Crippen molar-refractivity contribution in [2.24, 2.45) is 0 Å². The van der Waals surface area contributed by atoms with E-state index >= 15 is 0 Å². The van der Waals surface area contributed by atoms with Crippen LogP contribution in [0.4, 0.5) is 4.39 Å². The molecule has 0 spiro atoms. The van der Waals surface area contributed by atoms with E-state index in [9.17, 15) is 14.0 Å². The SMILES string of the molecule is Cc1ccc(F)cc1CN1CCC(=O)NC(C)C1=O. The number of hydrogen-bond acceptors (Lipinski definition) is 2. The molecule has 1 fully saturated rings. The Morgan fingerprint density at radius 1 is 1.42 bits per heavy atom. The standard InChI is InChI=1S/C14H17FN2O2/c1-9-3-4-12(15)7-11(9)8-17-6-5-13(18)16-10(2)14(17)19/h3-4,7,10H,5-6,8H2,1-2H3,(H,16,18). The summed E-state index contributed by atoms with van der Waals surface area (Å²) in [6.07, 6.45) is 0.282. The number of nitrogens with one attached hydrogen (secondary N) is 1. The Balaban J connectivity index is 2.19. The normalized spacial score (nSPS) is 20.2. The zero-order valence-corrected chi connectivity index (χ0v) is 11.1. The van der Waals surface area contributed by atoms with Crippen LogP contribution in [0.3, 0.4) is 0 Å². The summed E-state index contributed by atoms with van der Waals surface area (Å²) in [4.78, 5) is 25.1. The van der Waals surface area contributed by atoms with Gasteiger partial charge in [-0.2, -0.15) is 0 Å². The van der Waals surface area contributed by atoms with Gasteiger partial charge in [0.1, 0.15) is 11.9 Å². The van der Waals surface area contributed by atoms with Crippen molar-refractivity contribution < 1.29 is 14.0 Å². The lowest BCUT2D eigenvalue weighted by Gasteiger charge is -2.23. The summed E-state index contributed by atoms with van der Waals surface area (Å²) in [6, 6.07) is 4.01. The fraction of sp³-hybridized carbons (Fsp3) is 0.429. The maximum absolute atomic E-state index is 13.2. The fourth-order valence-corrected chi connectivity index (χ4v) is 2.17. The summed E-state index contributed by atoms with van der Waals surface area (Å²) < 4.78 is 13.2. The van der Waals surface area contributed by atoms with E-state index in [1.165, 1.54) is 12.1 Å². The third-order valence-electron chi connectivity index (χ3n) is 3.34. The number of carbonyl (C=O) groups excluding carboxylic acids is 2. The topological polar surface area (TPSA) is 49.4 Å². The van der Waals surface area contributed by atoms with Gasteiger partial charge in [0.15, 0.2) is 0 Å². The number of hydrogen-bond donors (Lipinski definition) is 1. The van der Waals surface area contributed by atoms with Gasteiger partial charge in [0.05, 0.1) is 0 Å². The first-order valence-corrected chi connectivity index (χ1v) is 6.30. The van der Waals surface area contributed by atoms with Gasteiger partial charge in [-0.3, -0.25) is 9.59 Å². The summed E-state index contributed by atoms with van der Waals surface area (Å²) in [5, 5.41) is 2.63. The lowest BCUT2D eigenvalue weighted by atomic mass is 10.1. The molecule has 1 N–H and O–H groups in total. The molecule has 5 heteroatoms. The Morgan fingerprint density at radius 2 is 2.16 bits per heavy atom. The molecule has 1 unspecified atom stereocenters. The van der Waals surface area contributed by atoms with Crippen LogP contribution in [0.2, 0.25) is 0 Å². The van der Waals surface area contributed by atoms with E-state index in [0.717, 1.165) is 11.1 Å². The molecule has 0 saturated carbocycles. The van der Waals surface area contributed by atoms with Crippen LogP contribution in [0.15, 0.2) is 18.2 Å². The second-order valence-electron chi connectivity index (χ2n) is 4.87. The summed E-state index contributed by atoms with van der Waals surface area (Å²) in [5.41, 5.74) is 1.71. The van der Waals surface area contributed by atoms with Crippen LogP contribution in [0, 0.1) is 12.7 Å². The number of benzene rings is 1. The number of rotatable bonds is 2. The first-order chi connectivity index (χ1) is 8.97. The zero-order chi connectivity index (χ0) is 14.0. The fourth-order valence-electron chi connectivity index (χ4n) is 2.17. The maximum atomic E-state index is 13.2. The summed E-state index contributed by atoms with van der Waals surface area (Å²) in [6.45, 7) is 4.24. The third kappa shape index (κ3) is 3.10. The van der Waals surface area contributed by atoms with Gasteiger partial charge in [0, 0.05) is 19.5 Å². The van der Waals surface area contributed by atoms with Gasteiger partial charge < -0.3 is 10.2 Å². The van der Waals surface area contributed by atoms with Crippen LogP contribution < -0.4 is 5.32 Å². The Kier molecular flexibility index (Phi) is 3.83. The summed E-state index contributed by atoms with van der Waals surface area (Å²) >= 11 is 0.